The fraction of sp³-hybridized carbons (Fsp3) is 0.524. The lowest BCUT2D eigenvalue weighted by Gasteiger charge is -2.36. The van der Waals surface area contributed by atoms with Gasteiger partial charge in [-0.15, -0.1) is 0 Å². The number of β-amino-alcohol motifs (C(OH)–C–C–N with tert-alkyl or cyclic N) is 1. The smallest absolute Gasteiger partial charge is 0.222 e. The zero-order valence-corrected chi connectivity index (χ0v) is 15.9. The van der Waals surface area contributed by atoms with Crippen molar-refractivity contribution < 1.29 is 9.84 Å². The summed E-state index contributed by atoms with van der Waals surface area (Å²) < 4.78 is 5.91. The molecule has 1 aromatic heterocycles. The first kappa shape index (κ1) is 18.2. The van der Waals surface area contributed by atoms with Gasteiger partial charge in [0.1, 0.15) is 5.75 Å². The van der Waals surface area contributed by atoms with E-state index in [1.165, 1.54) is 29.5 Å². The number of fused-ring (bicyclic) bond motifs is 1. The number of aryl methyl sites for hydroxylation is 2. The Hall–Kier alpha value is -2.18. The fourth-order valence-corrected chi connectivity index (χ4v) is 4.16. The van der Waals surface area contributed by atoms with E-state index in [2.05, 4.69) is 32.3 Å². The number of aromatic nitrogens is 2. The van der Waals surface area contributed by atoms with Crippen LogP contribution in [-0.4, -0.2) is 51.8 Å². The minimum atomic E-state index is -0.451. The summed E-state index contributed by atoms with van der Waals surface area (Å²) in [5.41, 5.74) is 4.14. The normalized spacial score (nSPS) is 22.4. The second kappa shape index (κ2) is 8.23. The van der Waals surface area contributed by atoms with Gasteiger partial charge < -0.3 is 15.2 Å². The van der Waals surface area contributed by atoms with E-state index in [-0.39, 0.29) is 6.04 Å². The van der Waals surface area contributed by atoms with Crippen molar-refractivity contribution >= 4 is 5.95 Å². The number of hydrogen-bond acceptors (Lipinski definition) is 6. The number of benzene rings is 1. The molecule has 1 fully saturated rings. The molecule has 0 amide bonds. The van der Waals surface area contributed by atoms with Crippen LogP contribution < -0.4 is 10.1 Å². The molecular weight excluding hydrogens is 340 g/mol. The summed E-state index contributed by atoms with van der Waals surface area (Å²) in [6, 6.07) is 6.33. The molecule has 2 aromatic rings. The number of nitrogens with one attached hydrogen (secondary N) is 1. The van der Waals surface area contributed by atoms with E-state index in [0.29, 0.717) is 19.1 Å². The van der Waals surface area contributed by atoms with E-state index >= 15 is 0 Å². The molecule has 1 aliphatic carbocycles. The van der Waals surface area contributed by atoms with Crippen molar-refractivity contribution in [3.05, 3.63) is 47.3 Å². The van der Waals surface area contributed by atoms with Crippen LogP contribution in [0.4, 0.5) is 5.95 Å². The van der Waals surface area contributed by atoms with Gasteiger partial charge in [-0.05, 0) is 55.9 Å². The van der Waals surface area contributed by atoms with E-state index in [9.17, 15) is 5.11 Å². The Labute approximate surface area is 160 Å². The number of aliphatic hydroxyl groups excluding tert-OH is 1. The van der Waals surface area contributed by atoms with E-state index in [4.69, 9.17) is 4.74 Å². The predicted octanol–water partition coefficient (Wildman–Crippen LogP) is 2.41. The van der Waals surface area contributed by atoms with Gasteiger partial charge in [-0.2, -0.15) is 0 Å². The van der Waals surface area contributed by atoms with Crippen LogP contribution in [0.3, 0.4) is 0 Å². The third-order valence-corrected chi connectivity index (χ3v) is 5.52. The molecule has 2 N–H and O–H groups in total. The van der Waals surface area contributed by atoms with Crippen molar-refractivity contribution in [3.8, 4) is 5.75 Å². The number of ether oxygens (including phenoxy) is 1. The van der Waals surface area contributed by atoms with E-state index in [1.54, 1.807) is 18.5 Å². The van der Waals surface area contributed by atoms with Crippen LogP contribution >= 0.6 is 0 Å². The van der Waals surface area contributed by atoms with Crippen molar-refractivity contribution in [1.29, 1.82) is 0 Å². The first-order valence-electron chi connectivity index (χ1n) is 9.94. The minimum absolute atomic E-state index is 0.0185. The van der Waals surface area contributed by atoms with Gasteiger partial charge in [0.05, 0.1) is 18.8 Å². The molecule has 0 unspecified atom stereocenters. The number of rotatable bonds is 6. The van der Waals surface area contributed by atoms with Crippen LogP contribution in [0, 0.1) is 0 Å². The Bertz CT molecular complexity index is 768. The van der Waals surface area contributed by atoms with Crippen LogP contribution in [0.25, 0.3) is 0 Å². The Morgan fingerprint density at radius 2 is 2.00 bits per heavy atom. The zero-order chi connectivity index (χ0) is 18.6. The van der Waals surface area contributed by atoms with Gasteiger partial charge in [0.2, 0.25) is 5.95 Å². The molecule has 6 nitrogen and oxygen atoms in total. The molecule has 2 aliphatic rings. The van der Waals surface area contributed by atoms with Crippen LogP contribution in [0.1, 0.15) is 36.5 Å². The Kier molecular flexibility index (Phi) is 5.55. The van der Waals surface area contributed by atoms with E-state index in [0.717, 1.165) is 31.7 Å². The molecule has 0 bridgehead atoms. The second-order valence-electron chi connectivity index (χ2n) is 7.43. The lowest BCUT2D eigenvalue weighted by atomic mass is 10.00. The zero-order valence-electron chi connectivity index (χ0n) is 15.9. The summed E-state index contributed by atoms with van der Waals surface area (Å²) in [4.78, 5) is 10.7. The van der Waals surface area contributed by atoms with Crippen LogP contribution in [0.5, 0.6) is 5.75 Å². The summed E-state index contributed by atoms with van der Waals surface area (Å²) in [6.07, 6.45) is 7.39. The molecule has 27 heavy (non-hydrogen) atoms. The number of likely N-dealkylation sites (tertiary alicyclic amines) is 1. The van der Waals surface area contributed by atoms with Crippen LogP contribution in [0.15, 0.2) is 30.6 Å². The third kappa shape index (κ3) is 4.22. The second-order valence-corrected chi connectivity index (χ2v) is 7.43. The third-order valence-electron chi connectivity index (χ3n) is 5.52. The Morgan fingerprint density at radius 1 is 1.22 bits per heavy atom. The lowest BCUT2D eigenvalue weighted by Crippen LogP contribution is -2.49. The van der Waals surface area contributed by atoms with Gasteiger partial charge in [0, 0.05) is 37.6 Å². The van der Waals surface area contributed by atoms with Gasteiger partial charge in [0.15, 0.2) is 0 Å². The molecule has 2 atom stereocenters. The molecule has 0 radical (unpaired) electrons. The highest BCUT2D eigenvalue weighted by atomic mass is 16.5. The maximum absolute atomic E-state index is 10.6. The molecule has 0 spiro atoms. The number of anilines is 1. The van der Waals surface area contributed by atoms with Gasteiger partial charge >= 0.3 is 0 Å². The van der Waals surface area contributed by atoms with Crippen molar-refractivity contribution in [3.63, 3.8) is 0 Å². The van der Waals surface area contributed by atoms with Crippen molar-refractivity contribution in [1.82, 2.24) is 14.9 Å². The van der Waals surface area contributed by atoms with Gasteiger partial charge in [-0.3, -0.25) is 4.90 Å². The molecule has 6 heteroatoms. The van der Waals surface area contributed by atoms with Crippen molar-refractivity contribution in [2.24, 2.45) is 0 Å². The average Bonchev–Trinajstić information content (AvgIpc) is 3.12. The molecule has 1 aromatic carbocycles. The molecule has 144 valence electrons. The number of hydrogen-bond donors (Lipinski definition) is 2. The number of piperidine rings is 1. The highest BCUT2D eigenvalue weighted by Gasteiger charge is 2.29. The largest absolute Gasteiger partial charge is 0.494 e. The summed E-state index contributed by atoms with van der Waals surface area (Å²) >= 11 is 0. The molecular formula is C21H28N4O2. The quantitative estimate of drug-likeness (QED) is 0.816. The van der Waals surface area contributed by atoms with Gasteiger partial charge in [0.25, 0.3) is 0 Å². The monoisotopic (exact) mass is 368 g/mol. The SMILES string of the molecule is CCOc1cc2c(cc1CN1CC[C@@H](Nc3ncccn3)[C@H](O)C1)CCC2. The molecule has 1 saturated heterocycles. The maximum Gasteiger partial charge on any atom is 0.222 e. The minimum Gasteiger partial charge on any atom is -0.494 e. The topological polar surface area (TPSA) is 70.5 Å². The van der Waals surface area contributed by atoms with E-state index < -0.39 is 6.10 Å². The average molecular weight is 368 g/mol. The lowest BCUT2D eigenvalue weighted by molar-refractivity contribution is 0.0555. The van der Waals surface area contributed by atoms with Crippen LogP contribution in [-0.2, 0) is 19.4 Å². The molecule has 1 aliphatic heterocycles. The first-order chi connectivity index (χ1) is 13.2. The molecule has 0 saturated carbocycles. The van der Waals surface area contributed by atoms with E-state index in [1.807, 2.05) is 6.92 Å². The Balaban J connectivity index is 1.41. The highest BCUT2D eigenvalue weighted by Crippen LogP contribution is 2.31. The summed E-state index contributed by atoms with van der Waals surface area (Å²) in [7, 11) is 0. The van der Waals surface area contributed by atoms with Crippen molar-refractivity contribution in [2.45, 2.75) is 51.3 Å². The fourth-order valence-electron chi connectivity index (χ4n) is 4.16. The van der Waals surface area contributed by atoms with Crippen molar-refractivity contribution in [2.75, 3.05) is 25.0 Å². The predicted molar refractivity (Wildman–Crippen MR) is 105 cm³/mol. The summed E-state index contributed by atoms with van der Waals surface area (Å²) in [6.45, 7) is 5.08. The van der Waals surface area contributed by atoms with Gasteiger partial charge in [-0.25, -0.2) is 9.97 Å². The highest BCUT2D eigenvalue weighted by molar-refractivity contribution is 5.45. The maximum atomic E-state index is 10.6. The molecule has 2 heterocycles. The van der Waals surface area contributed by atoms with Crippen LogP contribution in [0.2, 0.25) is 0 Å². The first-order valence-corrected chi connectivity index (χ1v) is 9.94. The molecule has 4 rings (SSSR count). The number of aliphatic hydroxyl groups is 1. The summed E-state index contributed by atoms with van der Waals surface area (Å²) in [5.74, 6) is 1.58. The number of nitrogens with zero attached hydrogens (tertiary/aromatic N) is 3. The Morgan fingerprint density at radius 3 is 2.74 bits per heavy atom. The standard InChI is InChI=1S/C21H28N4O2/c1-2-27-20-12-16-6-3-5-15(16)11-17(20)13-25-10-7-18(19(26)14-25)24-21-22-8-4-9-23-21/h4,8-9,11-12,18-19,26H,2-3,5-7,10,13-14H2,1H3,(H,22,23,24)/t18-,19-/m1/s1. The summed E-state index contributed by atoms with van der Waals surface area (Å²) in [5, 5.41) is 13.9. The van der Waals surface area contributed by atoms with Gasteiger partial charge in [-0.1, -0.05) is 6.07 Å².